The molecule has 0 aliphatic rings. The van der Waals surface area contributed by atoms with Crippen LogP contribution in [0.1, 0.15) is 30.2 Å². The number of anilines is 1. The summed E-state index contributed by atoms with van der Waals surface area (Å²) in [6.07, 6.45) is 1.62. The number of aromatic nitrogens is 1. The molecular weight excluding hydrogens is 246 g/mol. The summed E-state index contributed by atoms with van der Waals surface area (Å²) in [6.45, 7) is 5.53. The Labute approximate surface area is 110 Å². The molecule has 0 radical (unpaired) electrons. The topological polar surface area (TPSA) is 81.2 Å². The van der Waals surface area contributed by atoms with Gasteiger partial charge >= 0.3 is 0 Å². The highest BCUT2D eigenvalue weighted by Gasteiger charge is 2.18. The number of oxazole rings is 1. The van der Waals surface area contributed by atoms with Crippen LogP contribution in [0.5, 0.6) is 0 Å². The van der Waals surface area contributed by atoms with Crippen LogP contribution in [0, 0.1) is 24.0 Å². The molecule has 2 aromatic rings. The first-order chi connectivity index (χ1) is 8.97. The van der Waals surface area contributed by atoms with Gasteiger partial charge in [-0.3, -0.25) is 10.1 Å². The lowest BCUT2D eigenvalue weighted by Gasteiger charge is -2.12. The molecule has 0 amide bonds. The molecule has 1 atom stereocenters. The normalized spacial score (nSPS) is 12.2. The largest absolute Gasteiger partial charge is 0.444 e. The van der Waals surface area contributed by atoms with Crippen LogP contribution in [-0.4, -0.2) is 9.91 Å². The van der Waals surface area contributed by atoms with Crippen molar-refractivity contribution in [2.45, 2.75) is 26.8 Å². The molecule has 1 heterocycles. The summed E-state index contributed by atoms with van der Waals surface area (Å²) in [5, 5.41) is 14.0. The lowest BCUT2D eigenvalue weighted by molar-refractivity contribution is -0.384. The predicted molar refractivity (Wildman–Crippen MR) is 71.1 cm³/mol. The van der Waals surface area contributed by atoms with Gasteiger partial charge in [0.25, 0.3) is 5.69 Å². The number of nitrogens with zero attached hydrogens (tertiary/aromatic N) is 2. The Morgan fingerprint density at radius 2 is 2.16 bits per heavy atom. The molecule has 1 aromatic carbocycles. The van der Waals surface area contributed by atoms with E-state index in [4.69, 9.17) is 4.42 Å². The highest BCUT2D eigenvalue weighted by Crippen LogP contribution is 2.28. The highest BCUT2D eigenvalue weighted by molar-refractivity contribution is 5.63. The SMILES string of the molecule is Cc1ccc([N+](=O)[O-])c(NC(C)c2ncc(C)o2)c1. The molecule has 1 aromatic heterocycles. The Kier molecular flexibility index (Phi) is 3.50. The summed E-state index contributed by atoms with van der Waals surface area (Å²) in [5.74, 6) is 1.22. The Balaban J connectivity index is 2.27. The fourth-order valence-corrected chi connectivity index (χ4v) is 1.79. The van der Waals surface area contributed by atoms with Gasteiger partial charge in [-0.1, -0.05) is 6.07 Å². The van der Waals surface area contributed by atoms with Crippen LogP contribution in [0.2, 0.25) is 0 Å². The predicted octanol–water partition coefficient (Wildman–Crippen LogP) is 3.37. The molecule has 0 fully saturated rings. The Morgan fingerprint density at radius 1 is 1.42 bits per heavy atom. The number of hydrogen-bond acceptors (Lipinski definition) is 5. The van der Waals surface area contributed by atoms with E-state index in [-0.39, 0.29) is 11.7 Å². The minimum absolute atomic E-state index is 0.0423. The van der Waals surface area contributed by atoms with Gasteiger partial charge in [0.05, 0.1) is 11.1 Å². The molecule has 100 valence electrons. The van der Waals surface area contributed by atoms with E-state index in [2.05, 4.69) is 10.3 Å². The molecule has 0 saturated heterocycles. The molecule has 2 rings (SSSR count). The molecule has 1 unspecified atom stereocenters. The van der Waals surface area contributed by atoms with Crippen molar-refractivity contribution in [2.75, 3.05) is 5.32 Å². The zero-order valence-electron chi connectivity index (χ0n) is 11.0. The van der Waals surface area contributed by atoms with Crippen molar-refractivity contribution in [1.29, 1.82) is 0 Å². The monoisotopic (exact) mass is 261 g/mol. The van der Waals surface area contributed by atoms with Crippen molar-refractivity contribution in [3.05, 3.63) is 51.7 Å². The summed E-state index contributed by atoms with van der Waals surface area (Å²) in [6, 6.07) is 4.70. The summed E-state index contributed by atoms with van der Waals surface area (Å²) in [4.78, 5) is 14.7. The third-order valence-corrected chi connectivity index (χ3v) is 2.73. The average molecular weight is 261 g/mol. The average Bonchev–Trinajstić information content (AvgIpc) is 2.75. The van der Waals surface area contributed by atoms with Crippen LogP contribution in [0.4, 0.5) is 11.4 Å². The molecular formula is C13H15N3O3. The minimum atomic E-state index is -0.407. The van der Waals surface area contributed by atoms with Crippen molar-refractivity contribution >= 4 is 11.4 Å². The van der Waals surface area contributed by atoms with Crippen molar-refractivity contribution in [2.24, 2.45) is 0 Å². The van der Waals surface area contributed by atoms with Crippen LogP contribution >= 0.6 is 0 Å². The molecule has 6 nitrogen and oxygen atoms in total. The zero-order chi connectivity index (χ0) is 14.0. The fraction of sp³-hybridized carbons (Fsp3) is 0.308. The smallest absolute Gasteiger partial charge is 0.292 e. The second-order valence-electron chi connectivity index (χ2n) is 4.45. The quantitative estimate of drug-likeness (QED) is 0.674. The van der Waals surface area contributed by atoms with Crippen LogP contribution in [0.25, 0.3) is 0 Å². The molecule has 0 aliphatic heterocycles. The van der Waals surface area contributed by atoms with E-state index in [1.165, 1.54) is 6.07 Å². The van der Waals surface area contributed by atoms with Gasteiger partial charge in [-0.15, -0.1) is 0 Å². The van der Waals surface area contributed by atoms with Crippen LogP contribution < -0.4 is 5.32 Å². The summed E-state index contributed by atoms with van der Waals surface area (Å²) >= 11 is 0. The number of nitrogens with one attached hydrogen (secondary N) is 1. The molecule has 0 aliphatic carbocycles. The van der Waals surface area contributed by atoms with Crippen molar-refractivity contribution in [1.82, 2.24) is 4.98 Å². The van der Waals surface area contributed by atoms with E-state index in [1.807, 2.05) is 13.8 Å². The maximum absolute atomic E-state index is 11.0. The second-order valence-corrected chi connectivity index (χ2v) is 4.45. The zero-order valence-corrected chi connectivity index (χ0v) is 11.0. The van der Waals surface area contributed by atoms with Crippen molar-refractivity contribution in [3.8, 4) is 0 Å². The molecule has 1 N–H and O–H groups in total. The number of aryl methyl sites for hydroxylation is 2. The summed E-state index contributed by atoms with van der Waals surface area (Å²) in [7, 11) is 0. The third kappa shape index (κ3) is 2.90. The Bertz CT molecular complexity index is 607. The molecule has 19 heavy (non-hydrogen) atoms. The molecule has 0 saturated carbocycles. The standard InChI is InChI=1S/C13H15N3O3/c1-8-4-5-12(16(17)18)11(6-8)15-10(3)13-14-7-9(2)19-13/h4-7,10,15H,1-3H3. The van der Waals surface area contributed by atoms with Gasteiger partial charge < -0.3 is 9.73 Å². The Morgan fingerprint density at radius 3 is 2.74 bits per heavy atom. The van der Waals surface area contributed by atoms with E-state index in [9.17, 15) is 10.1 Å². The first-order valence-corrected chi connectivity index (χ1v) is 5.91. The maximum atomic E-state index is 11.0. The van der Waals surface area contributed by atoms with Gasteiger partial charge in [-0.25, -0.2) is 4.98 Å². The van der Waals surface area contributed by atoms with Crippen LogP contribution in [0.15, 0.2) is 28.8 Å². The lowest BCUT2D eigenvalue weighted by Crippen LogP contribution is -2.08. The molecule has 0 bridgehead atoms. The maximum Gasteiger partial charge on any atom is 0.292 e. The first kappa shape index (κ1) is 13.1. The van der Waals surface area contributed by atoms with E-state index >= 15 is 0 Å². The third-order valence-electron chi connectivity index (χ3n) is 2.73. The van der Waals surface area contributed by atoms with Crippen molar-refractivity contribution in [3.63, 3.8) is 0 Å². The number of benzene rings is 1. The molecule has 0 spiro atoms. The number of nitro benzene ring substituents is 1. The number of rotatable bonds is 4. The van der Waals surface area contributed by atoms with E-state index in [0.717, 1.165) is 5.56 Å². The van der Waals surface area contributed by atoms with Gasteiger partial charge in [0, 0.05) is 6.07 Å². The number of hydrogen-bond donors (Lipinski definition) is 1. The molecule has 6 heteroatoms. The fourth-order valence-electron chi connectivity index (χ4n) is 1.79. The minimum Gasteiger partial charge on any atom is -0.444 e. The van der Waals surface area contributed by atoms with Crippen molar-refractivity contribution < 1.29 is 9.34 Å². The van der Waals surface area contributed by atoms with E-state index in [1.54, 1.807) is 25.3 Å². The van der Waals surface area contributed by atoms with Crippen LogP contribution in [-0.2, 0) is 0 Å². The van der Waals surface area contributed by atoms with Gasteiger partial charge in [0.15, 0.2) is 0 Å². The van der Waals surface area contributed by atoms with Gasteiger partial charge in [0.2, 0.25) is 5.89 Å². The second kappa shape index (κ2) is 5.09. The lowest BCUT2D eigenvalue weighted by atomic mass is 10.1. The first-order valence-electron chi connectivity index (χ1n) is 5.91. The van der Waals surface area contributed by atoms with E-state index in [0.29, 0.717) is 17.3 Å². The van der Waals surface area contributed by atoms with Gasteiger partial charge in [0.1, 0.15) is 17.5 Å². The van der Waals surface area contributed by atoms with E-state index < -0.39 is 4.92 Å². The van der Waals surface area contributed by atoms with Gasteiger partial charge in [-0.05, 0) is 32.4 Å². The van der Waals surface area contributed by atoms with Crippen LogP contribution in [0.3, 0.4) is 0 Å². The Hall–Kier alpha value is -2.37. The summed E-state index contributed by atoms with van der Waals surface area (Å²) in [5.41, 5.74) is 1.46. The van der Waals surface area contributed by atoms with Gasteiger partial charge in [-0.2, -0.15) is 0 Å². The highest BCUT2D eigenvalue weighted by atomic mass is 16.6. The number of nitro groups is 1. The summed E-state index contributed by atoms with van der Waals surface area (Å²) < 4.78 is 5.40.